The molecule has 1 aliphatic rings. The maximum atomic E-state index is 10.6. The molecule has 12 heavy (non-hydrogen) atoms. The van der Waals surface area contributed by atoms with E-state index in [1.807, 2.05) is 0 Å². The first-order valence-corrected chi connectivity index (χ1v) is 3.62. The Morgan fingerprint density at radius 1 is 1.75 bits per heavy atom. The Bertz CT molecular complexity index is 188. The number of carbonyl (C=O) groups is 2. The zero-order valence-electron chi connectivity index (χ0n) is 6.74. The average molecular weight is 174 g/mol. The minimum atomic E-state index is -0.662. The molecule has 0 aromatic heterocycles. The van der Waals surface area contributed by atoms with Gasteiger partial charge in [0.15, 0.2) is 0 Å². The van der Waals surface area contributed by atoms with E-state index in [4.69, 9.17) is 0 Å². The summed E-state index contributed by atoms with van der Waals surface area (Å²) in [4.78, 5) is 21.1. The van der Waals surface area contributed by atoms with E-state index in [1.54, 1.807) is 0 Å². The second-order valence-electron chi connectivity index (χ2n) is 2.42. The Morgan fingerprint density at radius 3 is 3.00 bits per heavy atom. The van der Waals surface area contributed by atoms with Crippen molar-refractivity contribution >= 4 is 12.1 Å². The summed E-state index contributed by atoms with van der Waals surface area (Å²) in [5.41, 5.74) is 0. The normalized spacial score (nSPS) is 21.4. The summed E-state index contributed by atoms with van der Waals surface area (Å²) in [7, 11) is 1.32. The molecular weight excluding hydrogens is 164 g/mol. The van der Waals surface area contributed by atoms with Crippen molar-refractivity contribution < 1.29 is 23.8 Å². The lowest BCUT2D eigenvalue weighted by Crippen LogP contribution is -2.12. The second kappa shape index (κ2) is 3.94. The molecule has 0 aliphatic carbocycles. The summed E-state index contributed by atoms with van der Waals surface area (Å²) in [5.74, 6) is -0.307. The number of carbonyl (C=O) groups excluding carboxylic acids is 2. The van der Waals surface area contributed by atoms with Crippen molar-refractivity contribution in [3.8, 4) is 0 Å². The molecule has 0 spiro atoms. The van der Waals surface area contributed by atoms with Crippen LogP contribution in [0.2, 0.25) is 0 Å². The highest BCUT2D eigenvalue weighted by Gasteiger charge is 2.25. The van der Waals surface area contributed by atoms with E-state index in [1.165, 1.54) is 7.11 Å². The van der Waals surface area contributed by atoms with Gasteiger partial charge in [0.05, 0.1) is 7.11 Å². The van der Waals surface area contributed by atoms with Crippen LogP contribution in [-0.4, -0.2) is 31.9 Å². The fourth-order valence-electron chi connectivity index (χ4n) is 0.888. The van der Waals surface area contributed by atoms with E-state index in [9.17, 15) is 9.59 Å². The maximum absolute atomic E-state index is 10.6. The average Bonchev–Trinajstić information content (AvgIpc) is 2.47. The third kappa shape index (κ3) is 2.41. The topological polar surface area (TPSA) is 61.8 Å². The number of ether oxygens (including phenoxy) is 3. The Morgan fingerprint density at radius 2 is 2.50 bits per heavy atom. The zero-order valence-corrected chi connectivity index (χ0v) is 6.74. The van der Waals surface area contributed by atoms with E-state index >= 15 is 0 Å². The molecule has 1 fully saturated rings. The summed E-state index contributed by atoms with van der Waals surface area (Å²) in [6.07, 6.45) is -0.252. The van der Waals surface area contributed by atoms with Gasteiger partial charge in [-0.25, -0.2) is 4.79 Å². The van der Waals surface area contributed by atoms with Crippen LogP contribution in [0.5, 0.6) is 0 Å². The van der Waals surface area contributed by atoms with Crippen LogP contribution < -0.4 is 0 Å². The lowest BCUT2D eigenvalue weighted by Gasteiger charge is -2.03. The fraction of sp³-hybridized carbons (Fsp3) is 0.714. The summed E-state index contributed by atoms with van der Waals surface area (Å²) < 4.78 is 13.6. The van der Waals surface area contributed by atoms with Gasteiger partial charge in [0.2, 0.25) is 0 Å². The molecule has 5 nitrogen and oxygen atoms in total. The van der Waals surface area contributed by atoms with E-state index in [0.29, 0.717) is 6.42 Å². The molecular formula is C7H10O5. The van der Waals surface area contributed by atoms with Crippen LogP contribution in [0.15, 0.2) is 0 Å². The van der Waals surface area contributed by atoms with Gasteiger partial charge in [0.25, 0.3) is 0 Å². The molecule has 0 aromatic carbocycles. The number of methoxy groups -OCH3 is 1. The van der Waals surface area contributed by atoms with Crippen molar-refractivity contribution in [2.75, 3.05) is 13.7 Å². The van der Waals surface area contributed by atoms with Crippen LogP contribution in [0.3, 0.4) is 0 Å². The molecule has 1 atom stereocenters. The number of rotatable bonds is 3. The lowest BCUT2D eigenvalue weighted by molar-refractivity contribution is -0.141. The smallest absolute Gasteiger partial charge is 0.469 e. The van der Waals surface area contributed by atoms with Crippen molar-refractivity contribution in [2.24, 2.45) is 0 Å². The van der Waals surface area contributed by atoms with Gasteiger partial charge in [-0.2, -0.15) is 0 Å². The fourth-order valence-corrected chi connectivity index (χ4v) is 0.888. The summed E-state index contributed by atoms with van der Waals surface area (Å²) >= 11 is 0. The van der Waals surface area contributed by atoms with Crippen LogP contribution >= 0.6 is 0 Å². The molecule has 0 aromatic rings. The lowest BCUT2D eigenvalue weighted by atomic mass is 10.2. The van der Waals surface area contributed by atoms with E-state index < -0.39 is 6.16 Å². The highest BCUT2D eigenvalue weighted by molar-refractivity contribution is 5.69. The molecule has 1 saturated heterocycles. The minimum Gasteiger partial charge on any atom is -0.469 e. The minimum absolute atomic E-state index is 0.232. The predicted octanol–water partition coefficient (Wildman–Crippen LogP) is 0.475. The molecule has 1 aliphatic heterocycles. The third-order valence-electron chi connectivity index (χ3n) is 1.55. The van der Waals surface area contributed by atoms with E-state index in [2.05, 4.69) is 14.2 Å². The van der Waals surface area contributed by atoms with Gasteiger partial charge in [0, 0.05) is 6.42 Å². The van der Waals surface area contributed by atoms with Crippen LogP contribution in [0.25, 0.3) is 0 Å². The number of hydrogen-bond acceptors (Lipinski definition) is 5. The highest BCUT2D eigenvalue weighted by atomic mass is 16.8. The Labute approximate surface area is 69.6 Å². The molecule has 0 saturated carbocycles. The van der Waals surface area contributed by atoms with Gasteiger partial charge >= 0.3 is 12.1 Å². The molecule has 5 heteroatoms. The van der Waals surface area contributed by atoms with Crippen LogP contribution in [0.4, 0.5) is 4.79 Å². The first-order valence-electron chi connectivity index (χ1n) is 3.62. The molecule has 0 N–H and O–H groups in total. The number of esters is 1. The van der Waals surface area contributed by atoms with Crippen molar-refractivity contribution in [3.05, 3.63) is 0 Å². The van der Waals surface area contributed by atoms with E-state index in [0.717, 1.165) is 0 Å². The Kier molecular flexibility index (Phi) is 2.90. The summed E-state index contributed by atoms with van der Waals surface area (Å²) in [5, 5.41) is 0. The monoisotopic (exact) mass is 174 g/mol. The summed E-state index contributed by atoms with van der Waals surface area (Å²) in [6, 6.07) is 0. The molecule has 1 heterocycles. The predicted molar refractivity (Wildman–Crippen MR) is 37.5 cm³/mol. The quantitative estimate of drug-likeness (QED) is 0.582. The summed E-state index contributed by atoms with van der Waals surface area (Å²) in [6.45, 7) is 0.232. The van der Waals surface area contributed by atoms with Gasteiger partial charge in [-0.15, -0.1) is 0 Å². The van der Waals surface area contributed by atoms with Crippen molar-refractivity contribution in [3.63, 3.8) is 0 Å². The SMILES string of the molecule is COC(=O)CCC1COC(=O)O1. The van der Waals surface area contributed by atoms with Crippen molar-refractivity contribution in [1.82, 2.24) is 0 Å². The molecule has 0 amide bonds. The second-order valence-corrected chi connectivity index (χ2v) is 2.42. The highest BCUT2D eigenvalue weighted by Crippen LogP contribution is 2.11. The van der Waals surface area contributed by atoms with Gasteiger partial charge in [-0.1, -0.05) is 0 Å². The standard InChI is InChI=1S/C7H10O5/c1-10-6(8)3-2-5-4-11-7(9)12-5/h5H,2-4H2,1H3. The van der Waals surface area contributed by atoms with Gasteiger partial charge in [-0.3, -0.25) is 4.79 Å². The molecule has 1 rings (SSSR count). The van der Waals surface area contributed by atoms with E-state index in [-0.39, 0.29) is 25.1 Å². The maximum Gasteiger partial charge on any atom is 0.508 e. The Balaban J connectivity index is 2.16. The zero-order chi connectivity index (χ0) is 8.97. The van der Waals surface area contributed by atoms with Gasteiger partial charge in [0.1, 0.15) is 12.7 Å². The first-order chi connectivity index (χ1) is 5.72. The van der Waals surface area contributed by atoms with Crippen molar-refractivity contribution in [1.29, 1.82) is 0 Å². The molecule has 0 bridgehead atoms. The number of cyclic esters (lactones) is 2. The van der Waals surface area contributed by atoms with Crippen LogP contribution in [0, 0.1) is 0 Å². The van der Waals surface area contributed by atoms with Gasteiger partial charge < -0.3 is 14.2 Å². The van der Waals surface area contributed by atoms with Crippen molar-refractivity contribution in [2.45, 2.75) is 18.9 Å². The number of hydrogen-bond donors (Lipinski definition) is 0. The molecule has 1 unspecified atom stereocenters. The first kappa shape index (κ1) is 8.83. The Hall–Kier alpha value is -1.26. The van der Waals surface area contributed by atoms with Crippen LogP contribution in [-0.2, 0) is 19.0 Å². The molecule has 68 valence electrons. The largest absolute Gasteiger partial charge is 0.508 e. The molecule has 0 radical (unpaired) electrons. The third-order valence-corrected chi connectivity index (χ3v) is 1.55. The van der Waals surface area contributed by atoms with Crippen LogP contribution in [0.1, 0.15) is 12.8 Å². The van der Waals surface area contributed by atoms with Gasteiger partial charge in [-0.05, 0) is 6.42 Å².